The Hall–Kier alpha value is 0.220. The highest BCUT2D eigenvalue weighted by atomic mass is 79.9. The Bertz CT molecular complexity index is 129. The van der Waals surface area contributed by atoms with Gasteiger partial charge in [0.05, 0.1) is 0 Å². The quantitative estimate of drug-likeness (QED) is 0.252. The van der Waals surface area contributed by atoms with Gasteiger partial charge >= 0.3 is 0 Å². The van der Waals surface area contributed by atoms with Crippen molar-refractivity contribution in [3.63, 3.8) is 0 Å². The summed E-state index contributed by atoms with van der Waals surface area (Å²) in [4.78, 5) is 0. The van der Waals surface area contributed by atoms with E-state index in [9.17, 15) is 0 Å². The van der Waals surface area contributed by atoms with Crippen molar-refractivity contribution >= 4 is 15.9 Å². The molecule has 0 aliphatic heterocycles. The summed E-state index contributed by atoms with van der Waals surface area (Å²) in [6, 6.07) is 0. The summed E-state index contributed by atoms with van der Waals surface area (Å²) in [5, 5.41) is 1.15. The minimum Gasteiger partial charge on any atom is -0.0928 e. The molecule has 0 radical (unpaired) electrons. The first-order valence-electron chi connectivity index (χ1n) is 6.62. The van der Waals surface area contributed by atoms with Crippen LogP contribution in [0, 0.1) is 0 Å². The maximum atomic E-state index is 3.45. The van der Waals surface area contributed by atoms with Crippen molar-refractivity contribution in [3.05, 3.63) is 12.2 Å². The van der Waals surface area contributed by atoms with E-state index in [2.05, 4.69) is 35.0 Å². The molecule has 0 aliphatic rings. The highest BCUT2D eigenvalue weighted by Gasteiger charge is 1.88. The minimum atomic E-state index is 1.15. The number of hydrogen-bond acceptors (Lipinski definition) is 0. The molecule has 0 saturated heterocycles. The van der Waals surface area contributed by atoms with E-state index in [1.165, 1.54) is 64.2 Å². The van der Waals surface area contributed by atoms with Crippen LogP contribution in [0.3, 0.4) is 0 Å². The fourth-order valence-electron chi connectivity index (χ4n) is 1.63. The van der Waals surface area contributed by atoms with Gasteiger partial charge in [-0.25, -0.2) is 0 Å². The summed E-state index contributed by atoms with van der Waals surface area (Å²) in [6.07, 6.45) is 18.4. The first-order valence-corrected chi connectivity index (χ1v) is 7.75. The zero-order chi connectivity index (χ0) is 11.2. The van der Waals surface area contributed by atoms with Crippen molar-refractivity contribution in [1.29, 1.82) is 0 Å². The summed E-state index contributed by atoms with van der Waals surface area (Å²) < 4.78 is 0. The molecule has 0 nitrogen and oxygen atoms in total. The fourth-order valence-corrected chi connectivity index (χ4v) is 2.03. The van der Waals surface area contributed by atoms with E-state index in [4.69, 9.17) is 0 Å². The van der Waals surface area contributed by atoms with Gasteiger partial charge < -0.3 is 0 Å². The molecule has 0 N–H and O–H groups in total. The van der Waals surface area contributed by atoms with Crippen molar-refractivity contribution < 1.29 is 0 Å². The molecule has 0 rings (SSSR count). The van der Waals surface area contributed by atoms with Crippen LogP contribution in [0.4, 0.5) is 0 Å². The second-order valence-electron chi connectivity index (χ2n) is 4.21. The van der Waals surface area contributed by atoms with Crippen LogP contribution in [0.2, 0.25) is 0 Å². The van der Waals surface area contributed by atoms with Gasteiger partial charge in [-0.05, 0) is 32.1 Å². The number of hydrogen-bond donors (Lipinski definition) is 0. The Morgan fingerprint density at radius 3 is 1.87 bits per heavy atom. The molecule has 0 amide bonds. The lowest BCUT2D eigenvalue weighted by atomic mass is 10.1. The number of halogens is 1. The molecule has 0 unspecified atom stereocenters. The number of allylic oxidation sites excluding steroid dienone is 2. The maximum Gasteiger partial charge on any atom is 0.00314 e. The second kappa shape index (κ2) is 14.2. The molecule has 1 heteroatoms. The van der Waals surface area contributed by atoms with Crippen LogP contribution in [0.5, 0.6) is 0 Å². The Labute approximate surface area is 105 Å². The first-order chi connectivity index (χ1) is 7.41. The van der Waals surface area contributed by atoms with Crippen molar-refractivity contribution in [1.82, 2.24) is 0 Å². The molecule has 0 bridgehead atoms. The van der Waals surface area contributed by atoms with E-state index in [0.717, 1.165) is 5.33 Å². The molecule has 0 heterocycles. The van der Waals surface area contributed by atoms with Crippen LogP contribution in [0.25, 0.3) is 0 Å². The summed E-state index contributed by atoms with van der Waals surface area (Å²) >= 11 is 3.45. The standard InChI is InChI=1S/C14H27Br/c1-2-3-4-5-6-7-8-9-10-11-12-13-14-15/h9-10H,2-8,11-14H2,1H3/b10-9-. The average Bonchev–Trinajstić information content (AvgIpc) is 2.26. The van der Waals surface area contributed by atoms with Crippen LogP contribution in [0.15, 0.2) is 12.2 Å². The third kappa shape index (κ3) is 14.2. The third-order valence-corrected chi connectivity index (χ3v) is 3.21. The van der Waals surface area contributed by atoms with Crippen LogP contribution >= 0.6 is 15.9 Å². The Balaban J connectivity index is 2.96. The first kappa shape index (κ1) is 15.2. The van der Waals surface area contributed by atoms with Gasteiger partial charge in [0.25, 0.3) is 0 Å². The summed E-state index contributed by atoms with van der Waals surface area (Å²) in [5.41, 5.74) is 0. The van der Waals surface area contributed by atoms with E-state index in [0.29, 0.717) is 0 Å². The van der Waals surface area contributed by atoms with Gasteiger partial charge in [-0.1, -0.05) is 67.1 Å². The normalized spacial score (nSPS) is 11.3. The van der Waals surface area contributed by atoms with Gasteiger partial charge in [-0.15, -0.1) is 0 Å². The summed E-state index contributed by atoms with van der Waals surface area (Å²) in [5.74, 6) is 0. The van der Waals surface area contributed by atoms with E-state index >= 15 is 0 Å². The van der Waals surface area contributed by atoms with E-state index in [1.54, 1.807) is 0 Å². The van der Waals surface area contributed by atoms with E-state index in [-0.39, 0.29) is 0 Å². The summed E-state index contributed by atoms with van der Waals surface area (Å²) in [6.45, 7) is 2.27. The van der Waals surface area contributed by atoms with Gasteiger partial charge in [-0.3, -0.25) is 0 Å². The molecular formula is C14H27Br. The van der Waals surface area contributed by atoms with E-state index < -0.39 is 0 Å². The van der Waals surface area contributed by atoms with Crippen molar-refractivity contribution in [2.45, 2.75) is 71.1 Å². The van der Waals surface area contributed by atoms with Crippen molar-refractivity contribution in [3.8, 4) is 0 Å². The van der Waals surface area contributed by atoms with E-state index in [1.807, 2.05) is 0 Å². The molecule has 0 atom stereocenters. The molecule has 0 spiro atoms. The molecule has 90 valence electrons. The zero-order valence-electron chi connectivity index (χ0n) is 10.3. The molecule has 0 aromatic carbocycles. The Morgan fingerprint density at radius 2 is 1.27 bits per heavy atom. The molecule has 15 heavy (non-hydrogen) atoms. The SMILES string of the molecule is CCCCCCCC/C=C\CCCCBr. The second-order valence-corrected chi connectivity index (χ2v) is 5.01. The molecule has 0 fully saturated rings. The van der Waals surface area contributed by atoms with Gasteiger partial charge in [0, 0.05) is 5.33 Å². The zero-order valence-corrected chi connectivity index (χ0v) is 11.9. The van der Waals surface area contributed by atoms with Crippen molar-refractivity contribution in [2.75, 3.05) is 5.33 Å². The molecule has 0 aromatic rings. The molecular weight excluding hydrogens is 248 g/mol. The Morgan fingerprint density at radius 1 is 0.733 bits per heavy atom. The molecule has 0 aliphatic carbocycles. The van der Waals surface area contributed by atoms with Crippen molar-refractivity contribution in [2.24, 2.45) is 0 Å². The predicted molar refractivity (Wildman–Crippen MR) is 74.8 cm³/mol. The van der Waals surface area contributed by atoms with Crippen LogP contribution < -0.4 is 0 Å². The largest absolute Gasteiger partial charge is 0.0928 e. The maximum absolute atomic E-state index is 3.45. The lowest BCUT2D eigenvalue weighted by Crippen LogP contribution is -1.78. The summed E-state index contributed by atoms with van der Waals surface area (Å²) in [7, 11) is 0. The molecule has 0 saturated carbocycles. The van der Waals surface area contributed by atoms with Gasteiger partial charge in [0.1, 0.15) is 0 Å². The minimum absolute atomic E-state index is 1.15. The fraction of sp³-hybridized carbons (Fsp3) is 0.857. The number of rotatable bonds is 11. The molecule has 0 aromatic heterocycles. The monoisotopic (exact) mass is 274 g/mol. The predicted octanol–water partition coefficient (Wildman–Crippen LogP) is 5.86. The smallest absolute Gasteiger partial charge is 0.00314 e. The highest BCUT2D eigenvalue weighted by molar-refractivity contribution is 9.09. The lowest BCUT2D eigenvalue weighted by Gasteiger charge is -1.97. The van der Waals surface area contributed by atoms with Gasteiger partial charge in [0.2, 0.25) is 0 Å². The number of unbranched alkanes of at least 4 members (excludes halogenated alkanes) is 8. The number of alkyl halides is 1. The van der Waals surface area contributed by atoms with Crippen LogP contribution in [-0.2, 0) is 0 Å². The van der Waals surface area contributed by atoms with Gasteiger partial charge in [0.15, 0.2) is 0 Å². The third-order valence-electron chi connectivity index (χ3n) is 2.65. The van der Waals surface area contributed by atoms with Crippen LogP contribution in [0.1, 0.15) is 71.1 Å². The topological polar surface area (TPSA) is 0 Å². The Kier molecular flexibility index (Phi) is 14.4. The lowest BCUT2D eigenvalue weighted by molar-refractivity contribution is 0.611. The highest BCUT2D eigenvalue weighted by Crippen LogP contribution is 2.07. The van der Waals surface area contributed by atoms with Gasteiger partial charge in [-0.2, -0.15) is 0 Å². The van der Waals surface area contributed by atoms with Crippen LogP contribution in [-0.4, -0.2) is 5.33 Å². The average molecular weight is 275 g/mol.